The van der Waals surface area contributed by atoms with E-state index in [0.717, 1.165) is 13.1 Å². The number of carbonyl (C=O) groups is 2. The maximum atomic E-state index is 12.3. The average Bonchev–Trinajstić information content (AvgIpc) is 2.73. The first-order valence-electron chi connectivity index (χ1n) is 9.05. The Hall–Kier alpha value is -3.20. The lowest BCUT2D eigenvalue weighted by Gasteiger charge is -2.28. The van der Waals surface area contributed by atoms with Crippen molar-refractivity contribution in [2.24, 2.45) is 0 Å². The molecule has 0 radical (unpaired) electrons. The number of ether oxygens (including phenoxy) is 1. The third-order valence-electron chi connectivity index (χ3n) is 4.19. The minimum atomic E-state index is -0.352. The van der Waals surface area contributed by atoms with Crippen LogP contribution in [0.2, 0.25) is 0 Å². The molecule has 1 aliphatic rings. The van der Waals surface area contributed by atoms with E-state index in [1.54, 1.807) is 30.5 Å². The van der Waals surface area contributed by atoms with Gasteiger partial charge in [0, 0.05) is 32.7 Å². The molecule has 0 saturated carbocycles. The number of nitrogens with one attached hydrogen (secondary N) is 2. The molecule has 9 nitrogen and oxygen atoms in total. The van der Waals surface area contributed by atoms with E-state index in [0.29, 0.717) is 36.2 Å². The van der Waals surface area contributed by atoms with Crippen LogP contribution in [-0.4, -0.2) is 68.7 Å². The van der Waals surface area contributed by atoms with Crippen LogP contribution < -0.4 is 20.4 Å². The fourth-order valence-corrected chi connectivity index (χ4v) is 2.76. The molecule has 2 N–H and O–H groups in total. The first kappa shape index (κ1) is 19.6. The lowest BCUT2D eigenvalue weighted by Crippen LogP contribution is -2.37. The average molecular weight is 384 g/mol. The highest BCUT2D eigenvalue weighted by Crippen LogP contribution is 2.24. The van der Waals surface area contributed by atoms with Gasteiger partial charge in [-0.05, 0) is 12.1 Å². The molecule has 1 fully saturated rings. The van der Waals surface area contributed by atoms with Gasteiger partial charge in [-0.3, -0.25) is 9.59 Å². The quantitative estimate of drug-likeness (QED) is 0.758. The molecule has 0 bridgehead atoms. The van der Waals surface area contributed by atoms with Gasteiger partial charge in [0.2, 0.25) is 11.9 Å². The van der Waals surface area contributed by atoms with E-state index in [1.165, 1.54) is 0 Å². The van der Waals surface area contributed by atoms with Crippen molar-refractivity contribution in [3.8, 4) is 0 Å². The molecule has 148 valence electrons. The summed E-state index contributed by atoms with van der Waals surface area (Å²) in [7, 11) is 3.69. The SMILES string of the molecule is CN(C)c1nc(N2CCOCC2)ncc1NC(=O)CNC(=O)c1ccccc1. The number of carbonyl (C=O) groups excluding carboxylic acids is 2. The minimum Gasteiger partial charge on any atom is -0.378 e. The summed E-state index contributed by atoms with van der Waals surface area (Å²) < 4.78 is 5.35. The van der Waals surface area contributed by atoms with E-state index in [9.17, 15) is 9.59 Å². The largest absolute Gasteiger partial charge is 0.378 e. The van der Waals surface area contributed by atoms with Crippen LogP contribution >= 0.6 is 0 Å². The summed E-state index contributed by atoms with van der Waals surface area (Å²) in [6, 6.07) is 8.75. The Morgan fingerprint density at radius 3 is 2.57 bits per heavy atom. The third-order valence-corrected chi connectivity index (χ3v) is 4.19. The molecule has 2 aromatic rings. The van der Waals surface area contributed by atoms with Gasteiger partial charge in [0.1, 0.15) is 5.69 Å². The Bertz CT molecular complexity index is 822. The van der Waals surface area contributed by atoms with Crippen LogP contribution in [-0.2, 0) is 9.53 Å². The number of hydrogen-bond donors (Lipinski definition) is 2. The molecule has 2 amide bonds. The number of anilines is 3. The maximum absolute atomic E-state index is 12.3. The van der Waals surface area contributed by atoms with Crippen LogP contribution in [0.15, 0.2) is 36.5 Å². The molecule has 0 unspecified atom stereocenters. The Morgan fingerprint density at radius 1 is 1.18 bits per heavy atom. The van der Waals surface area contributed by atoms with Gasteiger partial charge in [0.05, 0.1) is 26.0 Å². The molecular formula is C19H24N6O3. The Kier molecular flexibility index (Phi) is 6.38. The third kappa shape index (κ3) is 4.95. The van der Waals surface area contributed by atoms with E-state index >= 15 is 0 Å². The van der Waals surface area contributed by atoms with Crippen LogP contribution in [0.4, 0.5) is 17.5 Å². The lowest BCUT2D eigenvalue weighted by atomic mass is 10.2. The summed E-state index contributed by atoms with van der Waals surface area (Å²) in [4.78, 5) is 37.1. The van der Waals surface area contributed by atoms with Crippen molar-refractivity contribution in [1.82, 2.24) is 15.3 Å². The van der Waals surface area contributed by atoms with Gasteiger partial charge < -0.3 is 25.2 Å². The first-order valence-corrected chi connectivity index (χ1v) is 9.05. The number of benzene rings is 1. The molecule has 0 atom stereocenters. The van der Waals surface area contributed by atoms with Crippen molar-refractivity contribution >= 4 is 29.3 Å². The Labute approximate surface area is 163 Å². The highest BCUT2D eigenvalue weighted by molar-refractivity contribution is 6.00. The summed E-state index contributed by atoms with van der Waals surface area (Å²) in [5.74, 6) is 0.541. The highest BCUT2D eigenvalue weighted by atomic mass is 16.5. The summed E-state index contributed by atoms with van der Waals surface area (Å²) in [5.41, 5.74) is 0.989. The predicted octanol–water partition coefficient (Wildman–Crippen LogP) is 0.748. The number of nitrogens with zero attached hydrogens (tertiary/aromatic N) is 4. The zero-order chi connectivity index (χ0) is 19.9. The molecule has 1 saturated heterocycles. The molecule has 1 aromatic heterocycles. The molecule has 1 aliphatic heterocycles. The van der Waals surface area contributed by atoms with Gasteiger partial charge in [0.15, 0.2) is 5.82 Å². The van der Waals surface area contributed by atoms with Crippen molar-refractivity contribution in [3.05, 3.63) is 42.1 Å². The van der Waals surface area contributed by atoms with Crippen LogP contribution in [0.5, 0.6) is 0 Å². The summed E-state index contributed by atoms with van der Waals surface area (Å²) in [6.45, 7) is 2.58. The minimum absolute atomic E-state index is 0.147. The standard InChI is InChI=1S/C19H24N6O3/c1-24(2)17-15(12-21-19(23-17)25-8-10-28-11-9-25)22-16(26)13-20-18(27)14-6-4-3-5-7-14/h3-7,12H,8-11,13H2,1-2H3,(H,20,27)(H,22,26). The predicted molar refractivity (Wildman–Crippen MR) is 107 cm³/mol. The highest BCUT2D eigenvalue weighted by Gasteiger charge is 2.18. The zero-order valence-electron chi connectivity index (χ0n) is 16.0. The molecule has 0 spiro atoms. The van der Waals surface area contributed by atoms with Crippen LogP contribution in [0, 0.1) is 0 Å². The van der Waals surface area contributed by atoms with E-state index in [1.807, 2.05) is 30.0 Å². The molecule has 2 heterocycles. The Balaban J connectivity index is 1.63. The van der Waals surface area contributed by atoms with Crippen LogP contribution in [0.25, 0.3) is 0 Å². The smallest absolute Gasteiger partial charge is 0.251 e. The second kappa shape index (κ2) is 9.14. The monoisotopic (exact) mass is 384 g/mol. The van der Waals surface area contributed by atoms with Crippen LogP contribution in [0.1, 0.15) is 10.4 Å². The van der Waals surface area contributed by atoms with Gasteiger partial charge >= 0.3 is 0 Å². The van der Waals surface area contributed by atoms with Gasteiger partial charge in [-0.25, -0.2) is 4.98 Å². The molecule has 0 aliphatic carbocycles. The summed E-state index contributed by atoms with van der Waals surface area (Å²) in [6.07, 6.45) is 1.59. The fraction of sp³-hybridized carbons (Fsp3) is 0.368. The summed E-state index contributed by atoms with van der Waals surface area (Å²) >= 11 is 0. The molecule has 28 heavy (non-hydrogen) atoms. The van der Waals surface area contributed by atoms with E-state index < -0.39 is 0 Å². The van der Waals surface area contributed by atoms with Gasteiger partial charge in [-0.15, -0.1) is 0 Å². The Morgan fingerprint density at radius 2 is 1.89 bits per heavy atom. The van der Waals surface area contributed by atoms with Crippen molar-refractivity contribution in [3.63, 3.8) is 0 Å². The van der Waals surface area contributed by atoms with E-state index in [2.05, 4.69) is 20.6 Å². The second-order valence-electron chi connectivity index (χ2n) is 6.50. The van der Waals surface area contributed by atoms with Gasteiger partial charge in [-0.2, -0.15) is 4.98 Å². The van der Waals surface area contributed by atoms with Gasteiger partial charge in [0.25, 0.3) is 5.91 Å². The van der Waals surface area contributed by atoms with Crippen molar-refractivity contribution < 1.29 is 14.3 Å². The zero-order valence-corrected chi connectivity index (χ0v) is 16.0. The maximum Gasteiger partial charge on any atom is 0.251 e. The molecular weight excluding hydrogens is 360 g/mol. The fourth-order valence-electron chi connectivity index (χ4n) is 2.76. The number of hydrogen-bond acceptors (Lipinski definition) is 7. The van der Waals surface area contributed by atoms with Crippen molar-refractivity contribution in [2.45, 2.75) is 0 Å². The number of rotatable bonds is 6. The first-order chi connectivity index (χ1) is 13.5. The van der Waals surface area contributed by atoms with E-state index in [-0.39, 0.29) is 18.4 Å². The number of aromatic nitrogens is 2. The normalized spacial score (nSPS) is 13.7. The van der Waals surface area contributed by atoms with Crippen molar-refractivity contribution in [1.29, 1.82) is 0 Å². The molecule has 3 rings (SSSR count). The lowest BCUT2D eigenvalue weighted by molar-refractivity contribution is -0.115. The van der Waals surface area contributed by atoms with Gasteiger partial charge in [-0.1, -0.05) is 18.2 Å². The summed E-state index contributed by atoms with van der Waals surface area (Å²) in [5, 5.41) is 5.37. The van der Waals surface area contributed by atoms with E-state index in [4.69, 9.17) is 4.74 Å². The molecule has 9 heteroatoms. The number of amides is 2. The number of morpholine rings is 1. The molecule has 1 aromatic carbocycles. The van der Waals surface area contributed by atoms with Crippen molar-refractivity contribution in [2.75, 3.05) is 62.1 Å². The topological polar surface area (TPSA) is 99.7 Å². The second-order valence-corrected chi connectivity index (χ2v) is 6.50. The van der Waals surface area contributed by atoms with Crippen LogP contribution in [0.3, 0.4) is 0 Å².